The molecule has 0 spiro atoms. The van der Waals surface area contributed by atoms with Gasteiger partial charge in [0.15, 0.2) is 0 Å². The van der Waals surface area contributed by atoms with Crippen molar-refractivity contribution >= 4 is 18.3 Å². The van der Waals surface area contributed by atoms with Crippen LogP contribution in [0.3, 0.4) is 0 Å². The van der Waals surface area contributed by atoms with Gasteiger partial charge in [0.25, 0.3) is 0 Å². The molecule has 1 heterocycles. The number of hydrogen-bond acceptors (Lipinski definition) is 3. The van der Waals surface area contributed by atoms with Crippen LogP contribution >= 0.6 is 12.4 Å². The van der Waals surface area contributed by atoms with Gasteiger partial charge in [-0.15, -0.1) is 12.4 Å². The maximum Gasteiger partial charge on any atom is 0.416 e. The summed E-state index contributed by atoms with van der Waals surface area (Å²) in [6, 6.07) is 4.30. The number of hydrogen-bond donors (Lipinski definition) is 1. The molecule has 0 aliphatic carbocycles. The van der Waals surface area contributed by atoms with E-state index in [0.29, 0.717) is 5.56 Å². The van der Waals surface area contributed by atoms with E-state index < -0.39 is 41.3 Å². The van der Waals surface area contributed by atoms with Crippen molar-refractivity contribution in [3.8, 4) is 6.07 Å². The summed E-state index contributed by atoms with van der Waals surface area (Å²) in [4.78, 5) is 13.7. The number of benzene rings is 1. The minimum absolute atomic E-state index is 0. The number of amides is 1. The van der Waals surface area contributed by atoms with Crippen molar-refractivity contribution in [2.24, 2.45) is 5.73 Å². The number of halogens is 5. The van der Waals surface area contributed by atoms with Gasteiger partial charge < -0.3 is 10.6 Å². The van der Waals surface area contributed by atoms with E-state index in [1.807, 2.05) is 6.07 Å². The second kappa shape index (κ2) is 7.80. The number of carbonyl (C=O) groups is 1. The number of carbonyl (C=O) groups excluding carboxylic acids is 1. The number of nitrogens with zero attached hydrogens (tertiary/aromatic N) is 2. The highest BCUT2D eigenvalue weighted by Gasteiger charge is 2.42. The van der Waals surface area contributed by atoms with Crippen molar-refractivity contribution in [3.63, 3.8) is 0 Å². The van der Waals surface area contributed by atoms with Crippen molar-refractivity contribution in [2.45, 2.75) is 50.1 Å². The van der Waals surface area contributed by atoms with Gasteiger partial charge >= 0.3 is 6.18 Å². The highest BCUT2D eigenvalue weighted by molar-refractivity contribution is 5.85. The van der Waals surface area contributed by atoms with Gasteiger partial charge in [-0.25, -0.2) is 4.39 Å². The third-order valence-corrected chi connectivity index (χ3v) is 4.68. The molecule has 2 rings (SSSR count). The van der Waals surface area contributed by atoms with Crippen molar-refractivity contribution < 1.29 is 22.4 Å². The molecule has 4 nitrogen and oxygen atoms in total. The molecule has 1 saturated heterocycles. The van der Waals surface area contributed by atoms with Gasteiger partial charge in [0.1, 0.15) is 12.2 Å². The van der Waals surface area contributed by atoms with Crippen molar-refractivity contribution in [1.29, 1.82) is 5.26 Å². The first-order valence-electron chi connectivity index (χ1n) is 7.76. The lowest BCUT2D eigenvalue weighted by Crippen LogP contribution is -2.54. The summed E-state index contributed by atoms with van der Waals surface area (Å²) in [7, 11) is 0. The Morgan fingerprint density at radius 1 is 1.27 bits per heavy atom. The molecule has 3 unspecified atom stereocenters. The normalized spacial score (nSPS) is 21.7. The fraction of sp³-hybridized carbons (Fsp3) is 0.529. The van der Waals surface area contributed by atoms with Crippen LogP contribution in [0.5, 0.6) is 0 Å². The number of rotatable bonds is 3. The van der Waals surface area contributed by atoms with Crippen molar-refractivity contribution in [1.82, 2.24) is 4.90 Å². The van der Waals surface area contributed by atoms with Gasteiger partial charge in [-0.1, -0.05) is 26.0 Å². The molecule has 1 aliphatic heterocycles. The Labute approximate surface area is 155 Å². The van der Waals surface area contributed by atoms with Crippen molar-refractivity contribution in [2.75, 3.05) is 6.54 Å². The Bertz CT molecular complexity index is 685. The summed E-state index contributed by atoms with van der Waals surface area (Å²) >= 11 is 0. The van der Waals surface area contributed by atoms with Crippen LogP contribution < -0.4 is 5.73 Å². The Balaban J connectivity index is 0.00000338. The fourth-order valence-electron chi connectivity index (χ4n) is 2.91. The van der Waals surface area contributed by atoms with E-state index in [4.69, 9.17) is 11.0 Å². The summed E-state index contributed by atoms with van der Waals surface area (Å²) in [5, 5.41) is 9.05. The first-order valence-corrected chi connectivity index (χ1v) is 7.76. The van der Waals surface area contributed by atoms with E-state index in [1.54, 1.807) is 13.8 Å². The molecule has 9 heteroatoms. The van der Waals surface area contributed by atoms with Crippen LogP contribution in [-0.2, 0) is 16.4 Å². The Morgan fingerprint density at radius 3 is 2.23 bits per heavy atom. The molecular weight excluding hydrogens is 374 g/mol. The third kappa shape index (κ3) is 4.27. The van der Waals surface area contributed by atoms with Crippen LogP contribution in [0.4, 0.5) is 17.6 Å². The fourth-order valence-corrected chi connectivity index (χ4v) is 2.91. The number of nitriles is 1. The molecule has 0 bridgehead atoms. The number of likely N-dealkylation sites (tertiary alicyclic amines) is 1. The van der Waals surface area contributed by atoms with E-state index in [2.05, 4.69) is 0 Å². The maximum atomic E-state index is 13.5. The average Bonchev–Trinajstić information content (AvgIpc) is 2.93. The van der Waals surface area contributed by atoms with Gasteiger partial charge in [-0.3, -0.25) is 4.79 Å². The lowest BCUT2D eigenvalue weighted by molar-refractivity contribution is -0.137. The molecule has 1 aliphatic rings. The van der Waals surface area contributed by atoms with Gasteiger partial charge in [-0.2, -0.15) is 18.4 Å². The lowest BCUT2D eigenvalue weighted by atomic mass is 9.77. The van der Waals surface area contributed by atoms with E-state index in [-0.39, 0.29) is 25.4 Å². The van der Waals surface area contributed by atoms with Gasteiger partial charge in [-0.05, 0) is 17.7 Å². The summed E-state index contributed by atoms with van der Waals surface area (Å²) in [5.41, 5.74) is 4.71. The zero-order valence-electron chi connectivity index (χ0n) is 14.3. The predicted molar refractivity (Wildman–Crippen MR) is 90.3 cm³/mol. The van der Waals surface area contributed by atoms with E-state index in [1.165, 1.54) is 12.1 Å². The van der Waals surface area contributed by atoms with Crippen LogP contribution in [-0.4, -0.2) is 35.6 Å². The standard InChI is InChI=1S/C17H19F4N3O.ClH/c1-16(2,10-3-5-11(6-4-10)17(19,20)21)14(23)15(25)24-9-12(18)7-13(24)8-22;/h3-6,12-14H,7,9,23H2,1-2H3;1H. The lowest BCUT2D eigenvalue weighted by Gasteiger charge is -2.34. The smallest absolute Gasteiger partial charge is 0.322 e. The predicted octanol–water partition coefficient (Wildman–Crippen LogP) is 3.19. The second-order valence-corrected chi connectivity index (χ2v) is 6.74. The Morgan fingerprint density at radius 2 is 1.77 bits per heavy atom. The summed E-state index contributed by atoms with van der Waals surface area (Å²) in [6.07, 6.45) is -5.79. The molecule has 0 aromatic heterocycles. The number of nitrogens with two attached hydrogens (primary N) is 1. The van der Waals surface area contributed by atoms with Crippen LogP contribution in [0.2, 0.25) is 0 Å². The molecular formula is C17H20ClF4N3O. The highest BCUT2D eigenvalue weighted by atomic mass is 35.5. The SMILES string of the molecule is CC(C)(c1ccc(C(F)(F)F)cc1)C(N)C(=O)N1CC(F)CC1C#N.Cl. The molecule has 0 saturated carbocycles. The molecule has 0 radical (unpaired) electrons. The van der Waals surface area contributed by atoms with Crippen LogP contribution in [0.15, 0.2) is 24.3 Å². The monoisotopic (exact) mass is 393 g/mol. The van der Waals surface area contributed by atoms with Gasteiger partial charge in [0.2, 0.25) is 5.91 Å². The second-order valence-electron chi connectivity index (χ2n) is 6.74. The molecule has 3 atom stereocenters. The first-order chi connectivity index (χ1) is 11.5. The Kier molecular flexibility index (Phi) is 6.66. The minimum atomic E-state index is -4.45. The van der Waals surface area contributed by atoms with Crippen molar-refractivity contribution in [3.05, 3.63) is 35.4 Å². The van der Waals surface area contributed by atoms with Gasteiger partial charge in [0.05, 0.1) is 24.2 Å². The van der Waals surface area contributed by atoms with Crippen LogP contribution in [0.1, 0.15) is 31.4 Å². The zero-order valence-corrected chi connectivity index (χ0v) is 15.1. The van der Waals surface area contributed by atoms with E-state index >= 15 is 0 Å². The molecule has 144 valence electrons. The molecule has 1 aromatic rings. The Hall–Kier alpha value is -1.85. The molecule has 2 N–H and O–H groups in total. The van der Waals surface area contributed by atoms with E-state index in [9.17, 15) is 22.4 Å². The molecule has 1 amide bonds. The highest BCUT2D eigenvalue weighted by Crippen LogP contribution is 2.33. The van der Waals surface area contributed by atoms with Crippen LogP contribution in [0, 0.1) is 11.3 Å². The quantitative estimate of drug-likeness (QED) is 0.802. The molecule has 1 aromatic carbocycles. The van der Waals surface area contributed by atoms with Crippen LogP contribution in [0.25, 0.3) is 0 Å². The largest absolute Gasteiger partial charge is 0.416 e. The molecule has 1 fully saturated rings. The van der Waals surface area contributed by atoms with Gasteiger partial charge in [0, 0.05) is 11.8 Å². The number of alkyl halides is 4. The topological polar surface area (TPSA) is 70.1 Å². The average molecular weight is 394 g/mol. The first kappa shape index (κ1) is 22.2. The maximum absolute atomic E-state index is 13.5. The molecule has 26 heavy (non-hydrogen) atoms. The summed E-state index contributed by atoms with van der Waals surface area (Å²) in [6.45, 7) is 3.05. The van der Waals surface area contributed by atoms with E-state index in [0.717, 1.165) is 17.0 Å². The zero-order chi connectivity index (χ0) is 19.0. The third-order valence-electron chi connectivity index (χ3n) is 4.68. The summed E-state index contributed by atoms with van der Waals surface area (Å²) in [5.74, 6) is -0.586. The summed E-state index contributed by atoms with van der Waals surface area (Å²) < 4.78 is 51.5. The minimum Gasteiger partial charge on any atom is -0.322 e.